The molecule has 0 aliphatic carbocycles. The number of anilines is 1. The molecule has 0 saturated carbocycles. The fraction of sp³-hybridized carbons (Fsp3) is 0.571. The summed E-state index contributed by atoms with van der Waals surface area (Å²) in [5, 5.41) is 14.1. The number of aryl methyl sites for hydroxylation is 1. The maximum absolute atomic E-state index is 10.9. The normalized spacial score (nSPS) is 10.7. The van der Waals surface area contributed by atoms with E-state index < -0.39 is 0 Å². The van der Waals surface area contributed by atoms with Crippen molar-refractivity contribution in [3.63, 3.8) is 0 Å². The molecule has 0 aromatic heterocycles. The fourth-order valence-corrected chi connectivity index (χ4v) is 1.93. The van der Waals surface area contributed by atoms with Crippen LogP contribution in [0.3, 0.4) is 0 Å². The number of para-hydroxylation sites is 1. The standard InChI is InChI=1S/C14H22N2O2/c1-11(2)7-4-5-10-15-14-12(3)8-6-9-13(14)16(17)18/h6,8-9,11,15H,4-5,7,10H2,1-3H3. The molecule has 18 heavy (non-hydrogen) atoms. The molecule has 0 aliphatic rings. The second-order valence-electron chi connectivity index (χ2n) is 5.04. The number of hydrogen-bond acceptors (Lipinski definition) is 3. The molecule has 4 heteroatoms. The number of nitro benzene ring substituents is 1. The number of nitro groups is 1. The first kappa shape index (κ1) is 14.5. The molecule has 1 rings (SSSR count). The number of benzene rings is 1. The second-order valence-corrected chi connectivity index (χ2v) is 5.04. The van der Waals surface area contributed by atoms with Crippen LogP contribution in [0, 0.1) is 23.0 Å². The van der Waals surface area contributed by atoms with Crippen LogP contribution in [0.15, 0.2) is 18.2 Å². The zero-order chi connectivity index (χ0) is 13.5. The van der Waals surface area contributed by atoms with Gasteiger partial charge >= 0.3 is 0 Å². The number of nitrogens with zero attached hydrogens (tertiary/aromatic N) is 1. The number of nitrogens with one attached hydrogen (secondary N) is 1. The molecule has 0 atom stereocenters. The Morgan fingerprint density at radius 3 is 2.67 bits per heavy atom. The molecule has 0 amide bonds. The minimum atomic E-state index is -0.330. The Balaban J connectivity index is 2.53. The van der Waals surface area contributed by atoms with Crippen molar-refractivity contribution in [2.45, 2.75) is 40.0 Å². The lowest BCUT2D eigenvalue weighted by Gasteiger charge is -2.10. The van der Waals surface area contributed by atoms with Gasteiger partial charge in [0.25, 0.3) is 5.69 Å². The second kappa shape index (κ2) is 6.99. The molecule has 0 spiro atoms. The van der Waals surface area contributed by atoms with E-state index in [1.165, 1.54) is 6.42 Å². The summed E-state index contributed by atoms with van der Waals surface area (Å²) in [7, 11) is 0. The maximum atomic E-state index is 10.9. The van der Waals surface area contributed by atoms with Crippen LogP contribution in [0.4, 0.5) is 11.4 Å². The van der Waals surface area contributed by atoms with E-state index in [1.54, 1.807) is 12.1 Å². The lowest BCUT2D eigenvalue weighted by Crippen LogP contribution is -2.06. The summed E-state index contributed by atoms with van der Waals surface area (Å²) >= 11 is 0. The van der Waals surface area contributed by atoms with Gasteiger partial charge in [0.05, 0.1) is 4.92 Å². The van der Waals surface area contributed by atoms with E-state index in [2.05, 4.69) is 19.2 Å². The third-order valence-electron chi connectivity index (χ3n) is 2.96. The predicted octanol–water partition coefficient (Wildman–Crippen LogP) is 4.14. The van der Waals surface area contributed by atoms with Crippen molar-refractivity contribution in [3.8, 4) is 0 Å². The van der Waals surface area contributed by atoms with Crippen LogP contribution in [0.25, 0.3) is 0 Å². The molecular formula is C14H22N2O2. The lowest BCUT2D eigenvalue weighted by atomic mass is 10.1. The topological polar surface area (TPSA) is 55.2 Å². The highest BCUT2D eigenvalue weighted by molar-refractivity contribution is 5.65. The molecule has 4 nitrogen and oxygen atoms in total. The van der Waals surface area contributed by atoms with E-state index in [4.69, 9.17) is 0 Å². The van der Waals surface area contributed by atoms with Gasteiger partial charge in [-0.25, -0.2) is 0 Å². The van der Waals surface area contributed by atoms with Crippen molar-refractivity contribution in [1.82, 2.24) is 0 Å². The highest BCUT2D eigenvalue weighted by Crippen LogP contribution is 2.27. The molecule has 0 fully saturated rings. The monoisotopic (exact) mass is 250 g/mol. The van der Waals surface area contributed by atoms with Gasteiger partial charge in [0.15, 0.2) is 0 Å². The zero-order valence-corrected chi connectivity index (χ0v) is 11.4. The zero-order valence-electron chi connectivity index (χ0n) is 11.4. The summed E-state index contributed by atoms with van der Waals surface area (Å²) < 4.78 is 0. The summed E-state index contributed by atoms with van der Waals surface area (Å²) in [5.74, 6) is 0.720. The van der Waals surface area contributed by atoms with Crippen molar-refractivity contribution >= 4 is 11.4 Å². The van der Waals surface area contributed by atoms with Crippen LogP contribution in [-0.2, 0) is 0 Å². The van der Waals surface area contributed by atoms with Crippen LogP contribution < -0.4 is 5.32 Å². The van der Waals surface area contributed by atoms with Crippen molar-refractivity contribution in [2.24, 2.45) is 5.92 Å². The van der Waals surface area contributed by atoms with Crippen molar-refractivity contribution in [3.05, 3.63) is 33.9 Å². The molecule has 0 unspecified atom stereocenters. The molecule has 100 valence electrons. The van der Waals surface area contributed by atoms with Crippen LogP contribution in [-0.4, -0.2) is 11.5 Å². The van der Waals surface area contributed by atoms with Gasteiger partial charge in [-0.2, -0.15) is 0 Å². The quantitative estimate of drug-likeness (QED) is 0.449. The smallest absolute Gasteiger partial charge is 0.292 e. The van der Waals surface area contributed by atoms with Crippen LogP contribution in [0.1, 0.15) is 38.7 Å². The Labute approximate surface area is 109 Å². The van der Waals surface area contributed by atoms with E-state index in [9.17, 15) is 10.1 Å². The van der Waals surface area contributed by atoms with Crippen LogP contribution in [0.5, 0.6) is 0 Å². The Kier molecular flexibility index (Phi) is 5.62. The lowest BCUT2D eigenvalue weighted by molar-refractivity contribution is -0.384. The third kappa shape index (κ3) is 4.35. The minimum Gasteiger partial charge on any atom is -0.379 e. The van der Waals surface area contributed by atoms with E-state index in [1.807, 2.05) is 13.0 Å². The Hall–Kier alpha value is -1.58. The van der Waals surface area contributed by atoms with Gasteiger partial charge in [-0.15, -0.1) is 0 Å². The molecule has 1 aromatic carbocycles. The largest absolute Gasteiger partial charge is 0.379 e. The average molecular weight is 250 g/mol. The predicted molar refractivity (Wildman–Crippen MR) is 75.0 cm³/mol. The van der Waals surface area contributed by atoms with Gasteiger partial charge < -0.3 is 5.32 Å². The molecule has 0 saturated heterocycles. The van der Waals surface area contributed by atoms with Gasteiger partial charge in [-0.1, -0.05) is 38.8 Å². The SMILES string of the molecule is Cc1cccc([N+](=O)[O-])c1NCCCCC(C)C. The van der Waals surface area contributed by atoms with Gasteiger partial charge in [0.2, 0.25) is 0 Å². The highest BCUT2D eigenvalue weighted by atomic mass is 16.6. The van der Waals surface area contributed by atoms with Crippen molar-refractivity contribution < 1.29 is 4.92 Å². The average Bonchev–Trinajstić information content (AvgIpc) is 2.29. The van der Waals surface area contributed by atoms with E-state index >= 15 is 0 Å². The highest BCUT2D eigenvalue weighted by Gasteiger charge is 2.14. The first-order valence-corrected chi connectivity index (χ1v) is 6.50. The summed E-state index contributed by atoms with van der Waals surface area (Å²) in [5.41, 5.74) is 1.75. The number of hydrogen-bond donors (Lipinski definition) is 1. The maximum Gasteiger partial charge on any atom is 0.292 e. The van der Waals surface area contributed by atoms with Gasteiger partial charge in [0, 0.05) is 12.6 Å². The summed E-state index contributed by atoms with van der Waals surface area (Å²) in [6.07, 6.45) is 3.41. The molecule has 1 N–H and O–H groups in total. The molecule has 0 aliphatic heterocycles. The number of rotatable bonds is 7. The first-order chi connectivity index (χ1) is 8.52. The molecule has 0 bridgehead atoms. The number of unbranched alkanes of at least 4 members (excludes halogenated alkanes) is 1. The summed E-state index contributed by atoms with van der Waals surface area (Å²) in [4.78, 5) is 10.6. The van der Waals surface area contributed by atoms with Crippen LogP contribution >= 0.6 is 0 Å². The van der Waals surface area contributed by atoms with Gasteiger partial charge in [0.1, 0.15) is 5.69 Å². The Morgan fingerprint density at radius 2 is 2.06 bits per heavy atom. The van der Waals surface area contributed by atoms with Crippen molar-refractivity contribution in [1.29, 1.82) is 0 Å². The summed E-state index contributed by atoms with van der Waals surface area (Å²) in [6.45, 7) is 7.10. The van der Waals surface area contributed by atoms with Gasteiger partial charge in [-0.05, 0) is 24.8 Å². The molecular weight excluding hydrogens is 228 g/mol. The fourth-order valence-electron chi connectivity index (χ4n) is 1.93. The molecule has 1 aromatic rings. The first-order valence-electron chi connectivity index (χ1n) is 6.50. The van der Waals surface area contributed by atoms with Gasteiger partial charge in [-0.3, -0.25) is 10.1 Å². The minimum absolute atomic E-state index is 0.166. The third-order valence-corrected chi connectivity index (χ3v) is 2.96. The van der Waals surface area contributed by atoms with Crippen LogP contribution in [0.2, 0.25) is 0 Å². The molecule has 0 heterocycles. The summed E-state index contributed by atoms with van der Waals surface area (Å²) in [6, 6.07) is 5.16. The van der Waals surface area contributed by atoms with Crippen molar-refractivity contribution in [2.75, 3.05) is 11.9 Å². The molecule has 0 radical (unpaired) electrons. The van der Waals surface area contributed by atoms with E-state index in [0.717, 1.165) is 30.9 Å². The Bertz CT molecular complexity index is 403. The van der Waals surface area contributed by atoms with E-state index in [0.29, 0.717) is 5.69 Å². The van der Waals surface area contributed by atoms with E-state index in [-0.39, 0.29) is 10.6 Å². The Morgan fingerprint density at radius 1 is 1.33 bits per heavy atom.